The summed E-state index contributed by atoms with van der Waals surface area (Å²) in [5.74, 6) is -1.76. The third-order valence-electron chi connectivity index (χ3n) is 4.17. The van der Waals surface area contributed by atoms with Gasteiger partial charge in [-0.15, -0.1) is 0 Å². The van der Waals surface area contributed by atoms with Crippen LogP contribution in [0.25, 0.3) is 0 Å². The standard InChI is InChI=1S/C21H24ClN3O3/c1-13(2)18(16-10-5-6-11-17(16)22)24-20(27)19(26)23-15-9-7-8-14(12-15)21(28)25(3)4/h5-13,18H,1-4H3,(H,23,26)(H,24,27). The minimum Gasteiger partial charge on any atom is -0.345 e. The maximum atomic E-state index is 12.4. The number of amides is 3. The summed E-state index contributed by atoms with van der Waals surface area (Å²) in [6.45, 7) is 3.87. The van der Waals surface area contributed by atoms with Gasteiger partial charge in [0.25, 0.3) is 5.91 Å². The molecule has 1 unspecified atom stereocenters. The van der Waals surface area contributed by atoms with E-state index in [0.717, 1.165) is 5.56 Å². The van der Waals surface area contributed by atoms with Crippen LogP contribution in [-0.4, -0.2) is 36.7 Å². The lowest BCUT2D eigenvalue weighted by Crippen LogP contribution is -2.39. The Balaban J connectivity index is 2.12. The third kappa shape index (κ3) is 5.33. The van der Waals surface area contributed by atoms with Crippen molar-refractivity contribution in [1.82, 2.24) is 10.2 Å². The third-order valence-corrected chi connectivity index (χ3v) is 4.52. The van der Waals surface area contributed by atoms with Crippen LogP contribution >= 0.6 is 11.6 Å². The molecule has 6 nitrogen and oxygen atoms in total. The first-order valence-electron chi connectivity index (χ1n) is 8.88. The van der Waals surface area contributed by atoms with Crippen LogP contribution < -0.4 is 10.6 Å². The smallest absolute Gasteiger partial charge is 0.313 e. The molecular formula is C21H24ClN3O3. The van der Waals surface area contributed by atoms with Gasteiger partial charge in [0.2, 0.25) is 0 Å². The average Bonchev–Trinajstić information content (AvgIpc) is 2.65. The Morgan fingerprint density at radius 1 is 0.964 bits per heavy atom. The number of nitrogens with one attached hydrogen (secondary N) is 2. The first-order chi connectivity index (χ1) is 13.2. The van der Waals surface area contributed by atoms with E-state index in [2.05, 4.69) is 10.6 Å². The Morgan fingerprint density at radius 2 is 1.64 bits per heavy atom. The van der Waals surface area contributed by atoms with Crippen LogP contribution in [0.15, 0.2) is 48.5 Å². The highest BCUT2D eigenvalue weighted by Gasteiger charge is 2.24. The fourth-order valence-corrected chi connectivity index (χ4v) is 2.97. The van der Waals surface area contributed by atoms with Crippen molar-refractivity contribution in [2.75, 3.05) is 19.4 Å². The largest absolute Gasteiger partial charge is 0.345 e. The van der Waals surface area contributed by atoms with E-state index in [-0.39, 0.29) is 11.8 Å². The summed E-state index contributed by atoms with van der Waals surface area (Å²) in [7, 11) is 3.28. The zero-order valence-electron chi connectivity index (χ0n) is 16.3. The Bertz CT molecular complexity index is 881. The van der Waals surface area contributed by atoms with Crippen LogP contribution in [0.5, 0.6) is 0 Å². The van der Waals surface area contributed by atoms with Gasteiger partial charge >= 0.3 is 11.8 Å². The van der Waals surface area contributed by atoms with E-state index < -0.39 is 17.9 Å². The lowest BCUT2D eigenvalue weighted by atomic mass is 9.96. The number of hydrogen-bond donors (Lipinski definition) is 2. The fraction of sp³-hybridized carbons (Fsp3) is 0.286. The monoisotopic (exact) mass is 401 g/mol. The predicted molar refractivity (Wildman–Crippen MR) is 110 cm³/mol. The molecule has 2 N–H and O–H groups in total. The van der Waals surface area contributed by atoms with E-state index >= 15 is 0 Å². The molecule has 7 heteroatoms. The van der Waals surface area contributed by atoms with Gasteiger partial charge in [0.1, 0.15) is 0 Å². The summed E-state index contributed by atoms with van der Waals surface area (Å²) >= 11 is 6.24. The van der Waals surface area contributed by atoms with Gasteiger partial charge in [0, 0.05) is 30.4 Å². The van der Waals surface area contributed by atoms with Gasteiger partial charge in [0.05, 0.1) is 6.04 Å². The highest BCUT2D eigenvalue weighted by Crippen LogP contribution is 2.28. The molecule has 0 aliphatic carbocycles. The van der Waals surface area contributed by atoms with Crippen molar-refractivity contribution in [3.05, 3.63) is 64.7 Å². The molecular weight excluding hydrogens is 378 g/mol. The summed E-state index contributed by atoms with van der Waals surface area (Å²) in [5.41, 5.74) is 1.53. The van der Waals surface area contributed by atoms with Gasteiger partial charge in [0.15, 0.2) is 0 Å². The Labute approximate surface area is 169 Å². The molecule has 0 aliphatic rings. The molecule has 0 saturated heterocycles. The molecule has 1 atom stereocenters. The van der Waals surface area contributed by atoms with Gasteiger partial charge in [-0.25, -0.2) is 0 Å². The lowest BCUT2D eigenvalue weighted by molar-refractivity contribution is -0.136. The number of halogens is 1. The predicted octanol–water partition coefficient (Wildman–Crippen LogP) is 3.49. The molecule has 0 aromatic heterocycles. The Kier molecular flexibility index (Phi) is 7.18. The zero-order chi connectivity index (χ0) is 20.8. The van der Waals surface area contributed by atoms with Gasteiger partial charge in [-0.2, -0.15) is 0 Å². The van der Waals surface area contributed by atoms with E-state index in [4.69, 9.17) is 11.6 Å². The summed E-state index contributed by atoms with van der Waals surface area (Å²) in [4.78, 5) is 38.3. The maximum Gasteiger partial charge on any atom is 0.313 e. The number of carbonyl (C=O) groups excluding carboxylic acids is 3. The van der Waals surface area contributed by atoms with Crippen LogP contribution in [-0.2, 0) is 9.59 Å². The molecule has 0 bridgehead atoms. The zero-order valence-corrected chi connectivity index (χ0v) is 17.1. The second-order valence-corrected chi connectivity index (χ2v) is 7.36. The molecule has 2 aromatic rings. The van der Waals surface area contributed by atoms with Crippen molar-refractivity contribution in [3.8, 4) is 0 Å². The minimum atomic E-state index is -0.813. The van der Waals surface area contributed by atoms with Crippen molar-refractivity contribution < 1.29 is 14.4 Å². The first-order valence-corrected chi connectivity index (χ1v) is 9.26. The van der Waals surface area contributed by atoms with E-state index in [0.29, 0.717) is 16.3 Å². The SMILES string of the molecule is CC(C)C(NC(=O)C(=O)Nc1cccc(C(=O)N(C)C)c1)c1ccccc1Cl. The Morgan fingerprint density at radius 3 is 2.25 bits per heavy atom. The van der Waals surface area contributed by atoms with Crippen molar-refractivity contribution in [1.29, 1.82) is 0 Å². The van der Waals surface area contributed by atoms with Gasteiger partial charge in [-0.3, -0.25) is 14.4 Å². The second kappa shape index (κ2) is 9.37. The number of benzene rings is 2. The van der Waals surface area contributed by atoms with Crippen molar-refractivity contribution in [3.63, 3.8) is 0 Å². The quantitative estimate of drug-likeness (QED) is 0.752. The fourth-order valence-electron chi connectivity index (χ4n) is 2.71. The summed E-state index contributed by atoms with van der Waals surface area (Å²) in [6.07, 6.45) is 0. The van der Waals surface area contributed by atoms with Crippen LogP contribution in [0.2, 0.25) is 5.02 Å². The molecule has 0 saturated carbocycles. The molecule has 0 heterocycles. The van der Waals surface area contributed by atoms with Gasteiger partial charge in [-0.05, 0) is 35.7 Å². The molecule has 0 fully saturated rings. The normalized spacial score (nSPS) is 11.6. The molecule has 0 aliphatic heterocycles. The maximum absolute atomic E-state index is 12.4. The van der Waals surface area contributed by atoms with E-state index in [1.54, 1.807) is 44.4 Å². The molecule has 3 amide bonds. The summed E-state index contributed by atoms with van der Waals surface area (Å²) in [6, 6.07) is 13.2. The number of rotatable bonds is 5. The van der Waals surface area contributed by atoms with Crippen molar-refractivity contribution in [2.45, 2.75) is 19.9 Å². The van der Waals surface area contributed by atoms with Crippen LogP contribution in [0.3, 0.4) is 0 Å². The molecule has 148 valence electrons. The molecule has 2 rings (SSSR count). The van der Waals surface area contributed by atoms with E-state index in [1.807, 2.05) is 26.0 Å². The molecule has 2 aromatic carbocycles. The molecule has 0 spiro atoms. The average molecular weight is 402 g/mol. The number of hydrogen-bond acceptors (Lipinski definition) is 3. The van der Waals surface area contributed by atoms with E-state index in [1.165, 1.54) is 11.0 Å². The lowest BCUT2D eigenvalue weighted by Gasteiger charge is -2.23. The molecule has 0 radical (unpaired) electrons. The highest BCUT2D eigenvalue weighted by molar-refractivity contribution is 6.39. The van der Waals surface area contributed by atoms with Gasteiger partial charge in [-0.1, -0.05) is 49.7 Å². The number of anilines is 1. The van der Waals surface area contributed by atoms with Crippen LogP contribution in [0.4, 0.5) is 5.69 Å². The van der Waals surface area contributed by atoms with Crippen LogP contribution in [0.1, 0.15) is 35.8 Å². The summed E-state index contributed by atoms with van der Waals surface area (Å²) in [5, 5.41) is 5.79. The second-order valence-electron chi connectivity index (χ2n) is 6.95. The number of nitrogens with zero attached hydrogens (tertiary/aromatic N) is 1. The van der Waals surface area contributed by atoms with Crippen molar-refractivity contribution >= 4 is 35.0 Å². The highest BCUT2D eigenvalue weighted by atomic mass is 35.5. The first kappa shape index (κ1) is 21.4. The number of carbonyl (C=O) groups is 3. The van der Waals surface area contributed by atoms with Crippen molar-refractivity contribution in [2.24, 2.45) is 5.92 Å². The van der Waals surface area contributed by atoms with Crippen LogP contribution in [0, 0.1) is 5.92 Å². The minimum absolute atomic E-state index is 0.0256. The topological polar surface area (TPSA) is 78.5 Å². The van der Waals surface area contributed by atoms with Gasteiger partial charge < -0.3 is 15.5 Å². The molecule has 28 heavy (non-hydrogen) atoms. The van der Waals surface area contributed by atoms with E-state index in [9.17, 15) is 14.4 Å². The Hall–Kier alpha value is -2.86. The summed E-state index contributed by atoms with van der Waals surface area (Å²) < 4.78 is 0.